The number of carbonyl (C=O) groups is 2. The number of amides is 2. The Morgan fingerprint density at radius 3 is 2.63 bits per heavy atom. The standard InChI is InChI=1S/C13H15IN2O3/c1-8(2)7-16(3)13(19)15-11-5-4-9(14)6-10(11)12(17)18/h4-6H,1,7H2,2-3H3,(H,15,19)(H,17,18). The van der Waals surface area contributed by atoms with Crippen molar-refractivity contribution < 1.29 is 14.7 Å². The highest BCUT2D eigenvalue weighted by molar-refractivity contribution is 14.1. The average Bonchev–Trinajstić information content (AvgIpc) is 2.30. The van der Waals surface area contributed by atoms with Gasteiger partial charge in [-0.25, -0.2) is 9.59 Å². The number of carboxylic acid groups (broad SMARTS) is 1. The molecule has 0 unspecified atom stereocenters. The molecule has 0 spiro atoms. The number of likely N-dealkylation sites (N-methyl/N-ethyl adjacent to an activating group) is 1. The number of aromatic carboxylic acids is 1. The third-order valence-electron chi connectivity index (χ3n) is 2.31. The summed E-state index contributed by atoms with van der Waals surface area (Å²) in [5, 5.41) is 11.7. The Hall–Kier alpha value is -1.57. The highest BCUT2D eigenvalue weighted by Gasteiger charge is 2.15. The number of urea groups is 1. The number of hydrogen-bond donors (Lipinski definition) is 2. The van der Waals surface area contributed by atoms with E-state index in [1.165, 1.54) is 11.0 Å². The normalized spacial score (nSPS) is 9.84. The fraction of sp³-hybridized carbons (Fsp3) is 0.231. The minimum atomic E-state index is -1.07. The van der Waals surface area contributed by atoms with Crippen molar-refractivity contribution in [2.24, 2.45) is 0 Å². The van der Waals surface area contributed by atoms with Crippen LogP contribution in [-0.4, -0.2) is 35.6 Å². The Labute approximate surface area is 125 Å². The van der Waals surface area contributed by atoms with E-state index in [9.17, 15) is 9.59 Å². The van der Waals surface area contributed by atoms with E-state index in [1.54, 1.807) is 19.2 Å². The Balaban J connectivity index is 2.90. The molecule has 0 heterocycles. The number of nitrogens with one attached hydrogen (secondary N) is 1. The van der Waals surface area contributed by atoms with Gasteiger partial charge in [-0.15, -0.1) is 0 Å². The van der Waals surface area contributed by atoms with Crippen molar-refractivity contribution in [1.82, 2.24) is 4.90 Å². The second-order valence-corrected chi connectivity index (χ2v) is 5.48. The predicted octanol–water partition coefficient (Wildman–Crippen LogP) is 3.03. The molecule has 2 amide bonds. The quantitative estimate of drug-likeness (QED) is 0.629. The van der Waals surface area contributed by atoms with Crippen LogP contribution in [0.15, 0.2) is 30.4 Å². The molecule has 19 heavy (non-hydrogen) atoms. The molecule has 0 aromatic heterocycles. The van der Waals surface area contributed by atoms with Crippen LogP contribution in [0, 0.1) is 3.57 Å². The summed E-state index contributed by atoms with van der Waals surface area (Å²) in [6, 6.07) is 4.46. The number of halogens is 1. The Bertz CT molecular complexity index is 529. The van der Waals surface area contributed by atoms with Crippen LogP contribution < -0.4 is 5.32 Å². The van der Waals surface area contributed by atoms with Crippen LogP contribution in [0.25, 0.3) is 0 Å². The average molecular weight is 374 g/mol. The van der Waals surface area contributed by atoms with Crippen LogP contribution in [0.4, 0.5) is 10.5 Å². The van der Waals surface area contributed by atoms with E-state index < -0.39 is 5.97 Å². The van der Waals surface area contributed by atoms with Gasteiger partial charge in [-0.05, 0) is 47.7 Å². The molecule has 0 saturated carbocycles. The molecule has 0 radical (unpaired) electrons. The van der Waals surface area contributed by atoms with Gasteiger partial charge in [-0.3, -0.25) is 0 Å². The van der Waals surface area contributed by atoms with Gasteiger partial charge in [-0.1, -0.05) is 12.2 Å². The first kappa shape index (κ1) is 15.5. The van der Waals surface area contributed by atoms with Crippen LogP contribution in [0.1, 0.15) is 17.3 Å². The van der Waals surface area contributed by atoms with Crippen molar-refractivity contribution in [3.8, 4) is 0 Å². The smallest absolute Gasteiger partial charge is 0.337 e. The van der Waals surface area contributed by atoms with Gasteiger partial charge in [0.1, 0.15) is 0 Å². The molecule has 0 saturated heterocycles. The number of hydrogen-bond acceptors (Lipinski definition) is 2. The van der Waals surface area contributed by atoms with Crippen LogP contribution in [0.2, 0.25) is 0 Å². The van der Waals surface area contributed by atoms with E-state index in [0.29, 0.717) is 6.54 Å². The molecule has 0 aliphatic carbocycles. The Morgan fingerprint density at radius 1 is 1.47 bits per heavy atom. The third-order valence-corrected chi connectivity index (χ3v) is 2.98. The topological polar surface area (TPSA) is 69.6 Å². The zero-order valence-corrected chi connectivity index (χ0v) is 12.9. The molecule has 0 aliphatic rings. The summed E-state index contributed by atoms with van der Waals surface area (Å²) in [6.45, 7) is 5.96. The largest absolute Gasteiger partial charge is 0.478 e. The first-order chi connectivity index (χ1) is 8.81. The summed E-state index contributed by atoms with van der Waals surface area (Å²) in [7, 11) is 1.62. The Kier molecular flexibility index (Phi) is 5.34. The zero-order chi connectivity index (χ0) is 14.6. The number of rotatable bonds is 4. The maximum atomic E-state index is 11.9. The van der Waals surface area contributed by atoms with Crippen molar-refractivity contribution in [2.45, 2.75) is 6.92 Å². The van der Waals surface area contributed by atoms with E-state index >= 15 is 0 Å². The summed E-state index contributed by atoms with van der Waals surface area (Å²) >= 11 is 2.02. The third kappa shape index (κ3) is 4.55. The maximum absolute atomic E-state index is 11.9. The SMILES string of the molecule is C=C(C)CN(C)C(=O)Nc1ccc(I)cc1C(=O)O. The minimum absolute atomic E-state index is 0.0731. The molecule has 1 aromatic rings. The van der Waals surface area contributed by atoms with Crippen molar-refractivity contribution >= 4 is 40.3 Å². The summed E-state index contributed by atoms with van der Waals surface area (Å²) in [5.74, 6) is -1.07. The lowest BCUT2D eigenvalue weighted by Crippen LogP contribution is -2.32. The molecule has 0 aliphatic heterocycles. The molecule has 0 fully saturated rings. The molecule has 6 heteroatoms. The van der Waals surface area contributed by atoms with Gasteiger partial charge in [0.25, 0.3) is 0 Å². The fourth-order valence-corrected chi connectivity index (χ4v) is 1.98. The van der Waals surface area contributed by atoms with Gasteiger partial charge in [-0.2, -0.15) is 0 Å². The molecule has 1 rings (SSSR count). The van der Waals surface area contributed by atoms with Gasteiger partial charge in [0.2, 0.25) is 0 Å². The minimum Gasteiger partial charge on any atom is -0.478 e. The molecule has 1 aromatic carbocycles. The highest BCUT2D eigenvalue weighted by atomic mass is 127. The van der Waals surface area contributed by atoms with E-state index in [4.69, 9.17) is 5.11 Å². The number of carboxylic acids is 1. The van der Waals surface area contributed by atoms with Crippen LogP contribution in [0.3, 0.4) is 0 Å². The van der Waals surface area contributed by atoms with Crippen LogP contribution in [-0.2, 0) is 0 Å². The van der Waals surface area contributed by atoms with Gasteiger partial charge >= 0.3 is 12.0 Å². The van der Waals surface area contributed by atoms with Gasteiger partial charge in [0.15, 0.2) is 0 Å². The van der Waals surface area contributed by atoms with Gasteiger partial charge in [0.05, 0.1) is 11.3 Å². The van der Waals surface area contributed by atoms with Gasteiger partial charge < -0.3 is 15.3 Å². The van der Waals surface area contributed by atoms with Gasteiger partial charge in [0, 0.05) is 17.2 Å². The van der Waals surface area contributed by atoms with E-state index in [1.807, 2.05) is 29.5 Å². The van der Waals surface area contributed by atoms with Crippen molar-refractivity contribution in [3.05, 3.63) is 39.5 Å². The van der Waals surface area contributed by atoms with E-state index in [2.05, 4.69) is 11.9 Å². The summed E-state index contributed by atoms with van der Waals surface area (Å²) in [4.78, 5) is 24.4. The van der Waals surface area contributed by atoms with Crippen LogP contribution in [0.5, 0.6) is 0 Å². The maximum Gasteiger partial charge on any atom is 0.337 e. The molecule has 102 valence electrons. The molecular formula is C13H15IN2O3. The first-order valence-electron chi connectivity index (χ1n) is 5.50. The predicted molar refractivity (Wildman–Crippen MR) is 82.6 cm³/mol. The molecule has 2 N–H and O–H groups in total. The number of benzene rings is 1. The second-order valence-electron chi connectivity index (χ2n) is 4.24. The number of nitrogens with zero attached hydrogens (tertiary/aromatic N) is 1. The summed E-state index contributed by atoms with van der Waals surface area (Å²) in [5.41, 5.74) is 1.20. The van der Waals surface area contributed by atoms with Crippen molar-refractivity contribution in [2.75, 3.05) is 18.9 Å². The lowest BCUT2D eigenvalue weighted by Gasteiger charge is -2.18. The lowest BCUT2D eigenvalue weighted by atomic mass is 10.2. The Morgan fingerprint density at radius 2 is 2.11 bits per heavy atom. The highest BCUT2D eigenvalue weighted by Crippen LogP contribution is 2.19. The monoisotopic (exact) mass is 374 g/mol. The molecule has 0 atom stereocenters. The van der Waals surface area contributed by atoms with Crippen molar-refractivity contribution in [3.63, 3.8) is 0 Å². The van der Waals surface area contributed by atoms with Crippen LogP contribution >= 0.6 is 22.6 Å². The summed E-state index contributed by atoms with van der Waals surface area (Å²) in [6.07, 6.45) is 0. The van der Waals surface area contributed by atoms with E-state index in [0.717, 1.165) is 9.14 Å². The molecular weight excluding hydrogens is 359 g/mol. The second kappa shape index (κ2) is 6.55. The lowest BCUT2D eigenvalue weighted by molar-refractivity contribution is 0.0698. The number of carbonyl (C=O) groups excluding carboxylic acids is 1. The van der Waals surface area contributed by atoms with Crippen molar-refractivity contribution in [1.29, 1.82) is 0 Å². The van der Waals surface area contributed by atoms with E-state index in [-0.39, 0.29) is 17.3 Å². The molecule has 0 bridgehead atoms. The summed E-state index contributed by atoms with van der Waals surface area (Å²) < 4.78 is 0.795. The molecule has 5 nitrogen and oxygen atoms in total. The number of anilines is 1. The first-order valence-corrected chi connectivity index (χ1v) is 6.58. The fourth-order valence-electron chi connectivity index (χ4n) is 1.49. The zero-order valence-electron chi connectivity index (χ0n) is 10.7.